The van der Waals surface area contributed by atoms with Crippen LogP contribution in [0.2, 0.25) is 0 Å². The zero-order chi connectivity index (χ0) is 9.73. The number of hydrogen-bond donors (Lipinski definition) is 2. The first-order chi connectivity index (χ1) is 6.14. The molecule has 0 radical (unpaired) electrons. The summed E-state index contributed by atoms with van der Waals surface area (Å²) < 4.78 is 24.5. The van der Waals surface area contributed by atoms with Gasteiger partial charge in [0.15, 0.2) is 0 Å². The van der Waals surface area contributed by atoms with Crippen molar-refractivity contribution in [1.29, 1.82) is 0 Å². The van der Waals surface area contributed by atoms with Crippen LogP contribution in [0.25, 0.3) is 0 Å². The van der Waals surface area contributed by atoms with Crippen LogP contribution in [0.1, 0.15) is 19.8 Å². The zero-order valence-electron chi connectivity index (χ0n) is 7.71. The number of sulfonamides is 1. The minimum atomic E-state index is -3.11. The van der Waals surface area contributed by atoms with Gasteiger partial charge >= 0.3 is 0 Å². The number of nitrogens with one attached hydrogen (secondary N) is 2. The lowest BCUT2D eigenvalue weighted by Gasteiger charge is -2.15. The lowest BCUT2D eigenvalue weighted by atomic mass is 10.3. The first kappa shape index (κ1) is 10.3. The predicted octanol–water partition coefficient (Wildman–Crippen LogP) is -0.335. The summed E-state index contributed by atoms with van der Waals surface area (Å²) in [5, 5.41) is 2.94. The van der Waals surface area contributed by atoms with Gasteiger partial charge in [-0.15, -0.1) is 0 Å². The summed E-state index contributed by atoms with van der Waals surface area (Å²) in [6.07, 6.45) is 2.09. The Labute approximate surface area is 78.7 Å². The van der Waals surface area contributed by atoms with Gasteiger partial charge in [-0.25, -0.2) is 8.42 Å². The van der Waals surface area contributed by atoms with Gasteiger partial charge < -0.3 is 5.32 Å². The maximum Gasteiger partial charge on any atom is 0.236 e. The molecule has 6 heteroatoms. The molecule has 0 amide bonds. The molecule has 0 aromatic heterocycles. The summed E-state index contributed by atoms with van der Waals surface area (Å²) in [5.41, 5.74) is 0. The van der Waals surface area contributed by atoms with E-state index in [1.54, 1.807) is 0 Å². The maximum atomic E-state index is 11.1. The van der Waals surface area contributed by atoms with Gasteiger partial charge in [0.25, 0.3) is 0 Å². The summed E-state index contributed by atoms with van der Waals surface area (Å²) in [4.78, 5) is 4.01. The molecular weight excluding hydrogens is 190 g/mol. The average molecular weight is 205 g/mol. The third-order valence-electron chi connectivity index (χ3n) is 1.70. The Morgan fingerprint density at radius 2 is 2.38 bits per heavy atom. The van der Waals surface area contributed by atoms with Crippen molar-refractivity contribution in [2.45, 2.75) is 19.8 Å². The second-order valence-electron chi connectivity index (χ2n) is 2.93. The summed E-state index contributed by atoms with van der Waals surface area (Å²) in [5.74, 6) is 0.478. The quantitative estimate of drug-likeness (QED) is 0.619. The van der Waals surface area contributed by atoms with Gasteiger partial charge in [-0.05, 0) is 6.42 Å². The van der Waals surface area contributed by atoms with E-state index in [9.17, 15) is 8.42 Å². The van der Waals surface area contributed by atoms with Gasteiger partial charge in [-0.1, -0.05) is 13.3 Å². The van der Waals surface area contributed by atoms with E-state index < -0.39 is 10.0 Å². The number of rotatable bonds is 3. The Balaban J connectivity index is 2.38. The van der Waals surface area contributed by atoms with Crippen molar-refractivity contribution < 1.29 is 8.42 Å². The molecule has 2 N–H and O–H groups in total. The van der Waals surface area contributed by atoms with Crippen LogP contribution >= 0.6 is 0 Å². The van der Waals surface area contributed by atoms with Crippen LogP contribution in [-0.4, -0.2) is 33.2 Å². The van der Waals surface area contributed by atoms with E-state index in [4.69, 9.17) is 0 Å². The highest BCUT2D eigenvalue weighted by molar-refractivity contribution is 7.90. The predicted molar refractivity (Wildman–Crippen MR) is 52.1 cm³/mol. The molecule has 5 nitrogen and oxygen atoms in total. The fourth-order valence-electron chi connectivity index (χ4n) is 0.984. The fraction of sp³-hybridized carbons (Fsp3) is 0.857. The molecule has 0 spiro atoms. The van der Waals surface area contributed by atoms with E-state index in [0.717, 1.165) is 19.4 Å². The van der Waals surface area contributed by atoms with Crippen molar-refractivity contribution in [3.8, 4) is 0 Å². The SMILES string of the molecule is CCCCNC1=NCCS(=O)(=O)N1. The van der Waals surface area contributed by atoms with E-state index in [1.165, 1.54) is 0 Å². The topological polar surface area (TPSA) is 70.6 Å². The smallest absolute Gasteiger partial charge is 0.236 e. The van der Waals surface area contributed by atoms with Gasteiger partial charge in [0.05, 0.1) is 12.3 Å². The number of nitrogens with zero attached hydrogens (tertiary/aromatic N) is 1. The van der Waals surface area contributed by atoms with Crippen molar-refractivity contribution >= 4 is 16.0 Å². The van der Waals surface area contributed by atoms with Crippen LogP contribution in [0.15, 0.2) is 4.99 Å². The second-order valence-corrected chi connectivity index (χ2v) is 4.77. The van der Waals surface area contributed by atoms with Gasteiger partial charge in [0, 0.05) is 6.54 Å². The van der Waals surface area contributed by atoms with E-state index in [0.29, 0.717) is 12.5 Å². The molecule has 0 bridgehead atoms. The third-order valence-corrected chi connectivity index (χ3v) is 2.93. The highest BCUT2D eigenvalue weighted by Crippen LogP contribution is 1.92. The maximum absolute atomic E-state index is 11.1. The number of guanidine groups is 1. The Bertz CT molecular complexity index is 284. The van der Waals surface area contributed by atoms with Crippen LogP contribution in [0.3, 0.4) is 0 Å². The van der Waals surface area contributed by atoms with Crippen molar-refractivity contribution in [2.75, 3.05) is 18.8 Å². The molecule has 0 saturated carbocycles. The number of aliphatic imine (C=N–C) groups is 1. The average Bonchev–Trinajstić information content (AvgIpc) is 2.03. The monoisotopic (exact) mass is 205 g/mol. The molecular formula is C7H15N3O2S. The van der Waals surface area contributed by atoms with E-state index in [-0.39, 0.29) is 5.75 Å². The van der Waals surface area contributed by atoms with Gasteiger partial charge in [0.1, 0.15) is 0 Å². The van der Waals surface area contributed by atoms with E-state index in [2.05, 4.69) is 22.0 Å². The van der Waals surface area contributed by atoms with Crippen molar-refractivity contribution in [2.24, 2.45) is 4.99 Å². The Morgan fingerprint density at radius 3 is 3.00 bits per heavy atom. The molecule has 0 unspecified atom stereocenters. The molecule has 0 aromatic carbocycles. The Kier molecular flexibility index (Phi) is 3.53. The highest BCUT2D eigenvalue weighted by Gasteiger charge is 2.16. The van der Waals surface area contributed by atoms with Gasteiger partial charge in [-0.2, -0.15) is 0 Å². The van der Waals surface area contributed by atoms with Crippen molar-refractivity contribution in [3.63, 3.8) is 0 Å². The summed E-state index contributed by atoms with van der Waals surface area (Å²) in [6, 6.07) is 0. The largest absolute Gasteiger partial charge is 0.356 e. The molecule has 1 aliphatic rings. The van der Waals surface area contributed by atoms with Crippen LogP contribution in [0.5, 0.6) is 0 Å². The van der Waals surface area contributed by atoms with Crippen LogP contribution < -0.4 is 10.0 Å². The van der Waals surface area contributed by atoms with Gasteiger partial charge in [0.2, 0.25) is 16.0 Å². The first-order valence-corrected chi connectivity index (χ1v) is 6.08. The molecule has 1 aliphatic heterocycles. The molecule has 0 saturated heterocycles. The highest BCUT2D eigenvalue weighted by atomic mass is 32.2. The van der Waals surface area contributed by atoms with E-state index in [1.807, 2.05) is 0 Å². The Morgan fingerprint density at radius 1 is 1.62 bits per heavy atom. The van der Waals surface area contributed by atoms with Crippen LogP contribution in [-0.2, 0) is 10.0 Å². The van der Waals surface area contributed by atoms with Crippen molar-refractivity contribution in [1.82, 2.24) is 10.0 Å². The van der Waals surface area contributed by atoms with Gasteiger partial charge in [-0.3, -0.25) is 9.71 Å². The molecule has 1 heterocycles. The summed E-state index contributed by atoms with van der Waals surface area (Å²) >= 11 is 0. The molecule has 0 atom stereocenters. The summed E-state index contributed by atoms with van der Waals surface area (Å²) in [6.45, 7) is 3.19. The fourth-order valence-corrected chi connectivity index (χ4v) is 1.85. The zero-order valence-corrected chi connectivity index (χ0v) is 8.52. The minimum absolute atomic E-state index is 0.0892. The van der Waals surface area contributed by atoms with Crippen molar-refractivity contribution in [3.05, 3.63) is 0 Å². The lowest BCUT2D eigenvalue weighted by Crippen LogP contribution is -2.45. The molecule has 0 aromatic rings. The molecule has 0 aliphatic carbocycles. The number of unbranched alkanes of at least 4 members (excludes halogenated alkanes) is 1. The molecule has 1 rings (SSSR count). The first-order valence-electron chi connectivity index (χ1n) is 4.43. The lowest BCUT2D eigenvalue weighted by molar-refractivity contribution is 0.588. The molecule has 76 valence electrons. The minimum Gasteiger partial charge on any atom is -0.356 e. The number of hydrogen-bond acceptors (Lipinski definition) is 4. The van der Waals surface area contributed by atoms with Crippen LogP contribution in [0.4, 0.5) is 0 Å². The summed E-state index contributed by atoms with van der Waals surface area (Å²) in [7, 11) is -3.11. The van der Waals surface area contributed by atoms with E-state index >= 15 is 0 Å². The molecule has 0 fully saturated rings. The third kappa shape index (κ3) is 3.63. The molecule has 13 heavy (non-hydrogen) atoms. The normalized spacial score (nSPS) is 20.2. The second kappa shape index (κ2) is 4.45. The Hall–Kier alpha value is -0.780. The van der Waals surface area contributed by atoms with Crippen LogP contribution in [0, 0.1) is 0 Å². The standard InChI is InChI=1S/C7H15N3O2S/c1-2-3-4-8-7-9-5-6-13(11,12)10-7/h2-6H2,1H3,(H2,8,9,10).